The minimum atomic E-state index is -0.293. The van der Waals surface area contributed by atoms with Gasteiger partial charge < -0.3 is 18.5 Å². The Balaban J connectivity index is 0.00000314. The molecule has 1 aliphatic rings. The zero-order valence-electron chi connectivity index (χ0n) is 26.0. The van der Waals surface area contributed by atoms with E-state index in [0.29, 0.717) is 11.5 Å². The second-order valence-corrected chi connectivity index (χ2v) is 12.6. The summed E-state index contributed by atoms with van der Waals surface area (Å²) in [4.78, 5) is 11.7. The molecule has 9 aromatic rings. The first kappa shape index (κ1) is 28.7. The number of furan rings is 1. The second kappa shape index (κ2) is 10.5. The van der Waals surface area contributed by atoms with Crippen LogP contribution in [0.15, 0.2) is 126 Å². The van der Waals surface area contributed by atoms with E-state index in [1.807, 2.05) is 67.1 Å². The van der Waals surface area contributed by atoms with E-state index in [1.165, 1.54) is 5.56 Å². The van der Waals surface area contributed by atoms with Gasteiger partial charge in [-0.25, -0.2) is 4.98 Å². The number of benzene rings is 5. The normalized spacial score (nSPS) is 13.6. The summed E-state index contributed by atoms with van der Waals surface area (Å²) >= 11 is 0. The van der Waals surface area contributed by atoms with E-state index in [4.69, 9.17) is 14.1 Å². The first-order chi connectivity index (χ1) is 23.0. The summed E-state index contributed by atoms with van der Waals surface area (Å²) in [5.41, 5.74) is 7.51. The van der Waals surface area contributed by atoms with Crippen LogP contribution >= 0.6 is 0 Å². The number of para-hydroxylation sites is 2. The Morgan fingerprint density at radius 3 is 2.44 bits per heavy atom. The molecule has 5 aromatic carbocycles. The van der Waals surface area contributed by atoms with Gasteiger partial charge in [-0.3, -0.25) is 4.98 Å². The quantitative estimate of drug-likeness (QED) is 0.132. The van der Waals surface area contributed by atoms with Crippen LogP contribution < -0.4 is 9.64 Å². The Kier molecular flexibility index (Phi) is 6.31. The molecule has 48 heavy (non-hydrogen) atoms. The molecule has 0 saturated heterocycles. The Bertz CT molecular complexity index is 2730. The van der Waals surface area contributed by atoms with Gasteiger partial charge >= 0.3 is 21.1 Å². The van der Waals surface area contributed by atoms with Crippen molar-refractivity contribution >= 4 is 66.5 Å². The van der Waals surface area contributed by atoms with Gasteiger partial charge in [0.15, 0.2) is 0 Å². The number of fused-ring (bicyclic) bond motifs is 11. The Morgan fingerprint density at radius 2 is 1.52 bits per heavy atom. The number of nitrogens with zero attached hydrogens (tertiary/aromatic N) is 4. The molecule has 4 aromatic heterocycles. The van der Waals surface area contributed by atoms with E-state index in [9.17, 15) is 0 Å². The molecule has 0 unspecified atom stereocenters. The van der Waals surface area contributed by atoms with Crippen molar-refractivity contribution < 1.29 is 30.2 Å². The summed E-state index contributed by atoms with van der Waals surface area (Å²) in [5, 5.41) is 5.34. The van der Waals surface area contributed by atoms with Gasteiger partial charge in [0.2, 0.25) is 0 Å². The minimum Gasteiger partial charge on any atom is -0.503 e. The van der Waals surface area contributed by atoms with E-state index >= 15 is 0 Å². The van der Waals surface area contributed by atoms with Gasteiger partial charge in [-0.05, 0) is 35.2 Å². The number of rotatable bonds is 3. The molecule has 232 valence electrons. The van der Waals surface area contributed by atoms with E-state index in [2.05, 4.69) is 94.9 Å². The number of anilines is 3. The van der Waals surface area contributed by atoms with Gasteiger partial charge in [-0.2, -0.15) is 6.07 Å². The van der Waals surface area contributed by atoms with Crippen molar-refractivity contribution in [1.82, 2.24) is 14.4 Å². The van der Waals surface area contributed by atoms with Crippen LogP contribution in [-0.2, 0) is 26.5 Å². The molecule has 0 fully saturated rings. The SMILES string of the molecule is CC1(C)c2cc3c(cc2N(c2[c-]c(Oc4[c-]c5c(cc4)c4ccccc4n4ccnc54)ccc2)c2ncccc21)oc1ccccc13.[Pt+2]. The predicted octanol–water partition coefficient (Wildman–Crippen LogP) is 10.4. The Hall–Kier alpha value is -5.45. The second-order valence-electron chi connectivity index (χ2n) is 12.6. The van der Waals surface area contributed by atoms with Crippen LogP contribution in [0.1, 0.15) is 25.0 Å². The zero-order chi connectivity index (χ0) is 31.3. The molecule has 0 spiro atoms. The number of aromatic nitrogens is 3. The van der Waals surface area contributed by atoms with Gasteiger partial charge in [0, 0.05) is 63.4 Å². The molecule has 6 nitrogen and oxygen atoms in total. The number of hydrogen-bond donors (Lipinski definition) is 0. The average molecular weight is 802 g/mol. The maximum absolute atomic E-state index is 6.47. The van der Waals surface area contributed by atoms with E-state index in [1.54, 1.807) is 0 Å². The molecular formula is C41H26N4O2Pt. The maximum atomic E-state index is 6.47. The van der Waals surface area contributed by atoms with Crippen LogP contribution in [0.4, 0.5) is 17.2 Å². The van der Waals surface area contributed by atoms with Crippen molar-refractivity contribution in [2.45, 2.75) is 19.3 Å². The van der Waals surface area contributed by atoms with Gasteiger partial charge in [-0.15, -0.1) is 30.3 Å². The predicted molar refractivity (Wildman–Crippen MR) is 186 cm³/mol. The summed E-state index contributed by atoms with van der Waals surface area (Å²) in [6.07, 6.45) is 5.65. The number of pyridine rings is 2. The molecule has 0 radical (unpaired) electrons. The molecule has 0 aliphatic carbocycles. The molecule has 10 rings (SSSR count). The number of ether oxygens (including phenoxy) is 1. The molecule has 0 bridgehead atoms. The molecule has 0 atom stereocenters. The molecule has 1 aliphatic heterocycles. The fourth-order valence-corrected chi connectivity index (χ4v) is 7.29. The first-order valence-corrected chi connectivity index (χ1v) is 15.7. The first-order valence-electron chi connectivity index (χ1n) is 15.7. The van der Waals surface area contributed by atoms with E-state index in [-0.39, 0.29) is 26.5 Å². The zero-order valence-corrected chi connectivity index (χ0v) is 28.2. The standard InChI is InChI=1S/C41H26N4O2.Pt/c1-41(2)33-13-8-18-42-40(33)45(36-24-38-31(23-34(36)41)30-12-4-6-15-37(30)47-38)25-9-7-10-26(21-25)46-27-16-17-28-29-11-3-5-14-35(29)44-20-19-43-39(44)32(28)22-27;/h3-20,23-24H,1-2H3;/q-2;+2. The summed E-state index contributed by atoms with van der Waals surface area (Å²) in [6, 6.07) is 42.2. The van der Waals surface area contributed by atoms with Crippen LogP contribution in [0.5, 0.6) is 11.5 Å². The van der Waals surface area contributed by atoms with Crippen LogP contribution in [-0.4, -0.2) is 14.4 Å². The molecule has 0 amide bonds. The van der Waals surface area contributed by atoms with Crippen LogP contribution in [0, 0.1) is 12.1 Å². The summed E-state index contributed by atoms with van der Waals surface area (Å²) in [7, 11) is 0. The third kappa shape index (κ3) is 4.09. The van der Waals surface area contributed by atoms with Crippen LogP contribution in [0.3, 0.4) is 0 Å². The average Bonchev–Trinajstić information content (AvgIpc) is 3.74. The molecular weight excluding hydrogens is 776 g/mol. The van der Waals surface area contributed by atoms with Gasteiger partial charge in [0.25, 0.3) is 0 Å². The van der Waals surface area contributed by atoms with Crippen molar-refractivity contribution in [2.24, 2.45) is 0 Å². The number of hydrogen-bond acceptors (Lipinski definition) is 5. The number of imidazole rings is 1. The minimum absolute atomic E-state index is 0. The maximum Gasteiger partial charge on any atom is 2.00 e. The monoisotopic (exact) mass is 801 g/mol. The van der Waals surface area contributed by atoms with Crippen molar-refractivity contribution in [2.75, 3.05) is 4.90 Å². The third-order valence-electron chi connectivity index (χ3n) is 9.53. The molecule has 7 heteroatoms. The Morgan fingerprint density at radius 1 is 0.688 bits per heavy atom. The van der Waals surface area contributed by atoms with Crippen LogP contribution in [0.25, 0.3) is 49.3 Å². The smallest absolute Gasteiger partial charge is 0.503 e. The fourth-order valence-electron chi connectivity index (χ4n) is 7.29. The van der Waals surface area contributed by atoms with Gasteiger partial charge in [-0.1, -0.05) is 78.8 Å². The Labute approximate surface area is 290 Å². The van der Waals surface area contributed by atoms with Gasteiger partial charge in [0.05, 0.1) is 11.3 Å². The molecule has 0 saturated carbocycles. The summed E-state index contributed by atoms with van der Waals surface area (Å²) in [5.74, 6) is 2.03. The largest absolute Gasteiger partial charge is 2.00 e. The van der Waals surface area contributed by atoms with Crippen molar-refractivity contribution in [3.8, 4) is 11.5 Å². The van der Waals surface area contributed by atoms with Crippen molar-refractivity contribution in [1.29, 1.82) is 0 Å². The third-order valence-corrected chi connectivity index (χ3v) is 9.53. The summed E-state index contributed by atoms with van der Waals surface area (Å²) < 4.78 is 14.9. The topological polar surface area (TPSA) is 55.8 Å². The fraction of sp³-hybridized carbons (Fsp3) is 0.0732. The van der Waals surface area contributed by atoms with Crippen LogP contribution in [0.2, 0.25) is 0 Å². The molecule has 0 N–H and O–H groups in total. The molecule has 5 heterocycles. The van der Waals surface area contributed by atoms with E-state index in [0.717, 1.165) is 72.0 Å². The van der Waals surface area contributed by atoms with Crippen molar-refractivity contribution in [3.63, 3.8) is 0 Å². The summed E-state index contributed by atoms with van der Waals surface area (Å²) in [6.45, 7) is 4.52. The van der Waals surface area contributed by atoms with E-state index < -0.39 is 0 Å². The van der Waals surface area contributed by atoms with Crippen molar-refractivity contribution in [3.05, 3.63) is 145 Å². The van der Waals surface area contributed by atoms with Gasteiger partial charge in [0.1, 0.15) is 17.0 Å².